The molecule has 1 fully saturated rings. The number of aliphatic carboxylic acids is 1. The Bertz CT molecular complexity index is 1940. The quantitative estimate of drug-likeness (QED) is 0.113. The van der Waals surface area contributed by atoms with Crippen molar-refractivity contribution in [3.8, 4) is 34.7 Å². The maximum absolute atomic E-state index is 11.8. The predicted octanol–water partition coefficient (Wildman–Crippen LogP) is 5.07. The molecule has 0 bridgehead atoms. The van der Waals surface area contributed by atoms with Crippen molar-refractivity contribution < 1.29 is 34.3 Å². The highest BCUT2D eigenvalue weighted by atomic mass is 35.5. The second-order valence-corrected chi connectivity index (χ2v) is 13.7. The molecule has 0 unspecified atom stereocenters. The molecule has 4 aromatic rings. The van der Waals surface area contributed by atoms with Crippen LogP contribution in [0.2, 0.25) is 5.02 Å². The normalized spacial score (nSPS) is 18.0. The predicted molar refractivity (Wildman–Crippen MR) is 193 cm³/mol. The van der Waals surface area contributed by atoms with E-state index in [4.69, 9.17) is 25.8 Å². The Hall–Kier alpha value is -4.77. The van der Waals surface area contributed by atoms with Gasteiger partial charge < -0.3 is 34.4 Å². The van der Waals surface area contributed by atoms with E-state index in [-0.39, 0.29) is 31.2 Å². The molecule has 272 valence electrons. The molecule has 13 heteroatoms. The summed E-state index contributed by atoms with van der Waals surface area (Å²) in [7, 11) is 0. The van der Waals surface area contributed by atoms with Crippen molar-refractivity contribution >= 4 is 17.6 Å². The van der Waals surface area contributed by atoms with Crippen molar-refractivity contribution in [3.63, 3.8) is 0 Å². The highest BCUT2D eigenvalue weighted by molar-refractivity contribution is 6.34. The molecule has 12 nitrogen and oxygen atoms in total. The van der Waals surface area contributed by atoms with Gasteiger partial charge in [0.15, 0.2) is 0 Å². The minimum absolute atomic E-state index is 0.0458. The summed E-state index contributed by atoms with van der Waals surface area (Å²) in [6.07, 6.45) is 5.66. The maximum atomic E-state index is 11.8. The molecular weight excluding hydrogens is 686 g/mol. The van der Waals surface area contributed by atoms with Gasteiger partial charge in [-0.3, -0.25) is 15.1 Å². The minimum atomic E-state index is -1.57. The Balaban J connectivity index is 1.18. The number of aromatic nitrogens is 2. The monoisotopic (exact) mass is 727 g/mol. The summed E-state index contributed by atoms with van der Waals surface area (Å²) >= 11 is 6.94. The SMILES string of the molecule is C[C@@](CO)(NCc1ccc(O[C@H]2CCc3c(-c4cccc(OCCCN5CC[C@@H](O)C5)c4Cl)cccc32)nc1OCc1cncc(C#N)c1)C(=O)O. The molecule has 3 heterocycles. The Morgan fingerprint density at radius 2 is 1.96 bits per heavy atom. The summed E-state index contributed by atoms with van der Waals surface area (Å²) < 4.78 is 18.7. The molecule has 1 aliphatic carbocycles. The van der Waals surface area contributed by atoms with E-state index in [1.54, 1.807) is 24.4 Å². The molecule has 0 spiro atoms. The van der Waals surface area contributed by atoms with Crippen molar-refractivity contribution in [1.29, 1.82) is 5.26 Å². The highest BCUT2D eigenvalue weighted by Gasteiger charge is 2.32. The van der Waals surface area contributed by atoms with Crippen LogP contribution in [-0.4, -0.2) is 80.6 Å². The molecule has 0 amide bonds. The number of nitrogens with one attached hydrogen (secondary N) is 1. The van der Waals surface area contributed by atoms with Gasteiger partial charge in [0.2, 0.25) is 11.8 Å². The first-order valence-corrected chi connectivity index (χ1v) is 17.7. The fourth-order valence-electron chi connectivity index (χ4n) is 6.50. The Morgan fingerprint density at radius 1 is 1.13 bits per heavy atom. The first-order valence-electron chi connectivity index (χ1n) is 17.3. The third-order valence-electron chi connectivity index (χ3n) is 9.53. The lowest BCUT2D eigenvalue weighted by molar-refractivity contribution is -0.145. The van der Waals surface area contributed by atoms with Gasteiger partial charge in [-0.15, -0.1) is 0 Å². The van der Waals surface area contributed by atoms with Gasteiger partial charge in [0, 0.05) is 61.3 Å². The number of ether oxygens (including phenoxy) is 3. The number of benzene rings is 2. The fraction of sp³-hybridized carbons (Fsp3) is 0.385. The van der Waals surface area contributed by atoms with Crippen molar-refractivity contribution in [2.24, 2.45) is 0 Å². The van der Waals surface area contributed by atoms with Crippen LogP contribution in [0.15, 0.2) is 67.0 Å². The lowest BCUT2D eigenvalue weighted by atomic mass is 9.96. The van der Waals surface area contributed by atoms with E-state index < -0.39 is 18.1 Å². The molecular formula is C39H42ClN5O7. The molecule has 1 aliphatic heterocycles. The number of nitrogens with zero attached hydrogens (tertiary/aromatic N) is 4. The number of likely N-dealkylation sites (tertiary alicyclic amines) is 1. The number of carbonyl (C=O) groups is 1. The van der Waals surface area contributed by atoms with Gasteiger partial charge in [0.05, 0.1) is 29.9 Å². The van der Waals surface area contributed by atoms with Gasteiger partial charge >= 0.3 is 5.97 Å². The second-order valence-electron chi connectivity index (χ2n) is 13.3. The molecule has 2 aliphatic rings. The molecule has 3 atom stereocenters. The number of aliphatic hydroxyl groups excluding tert-OH is 2. The van der Waals surface area contributed by atoms with Gasteiger partial charge in [-0.2, -0.15) is 10.2 Å². The van der Waals surface area contributed by atoms with Crippen LogP contribution in [-0.2, 0) is 24.4 Å². The summed E-state index contributed by atoms with van der Waals surface area (Å²) in [6, 6.07) is 19.1. The van der Waals surface area contributed by atoms with Crippen LogP contribution in [0.3, 0.4) is 0 Å². The second kappa shape index (κ2) is 16.7. The zero-order valence-electron chi connectivity index (χ0n) is 28.9. The van der Waals surface area contributed by atoms with Crippen molar-refractivity contribution in [2.45, 2.75) is 63.5 Å². The van der Waals surface area contributed by atoms with Gasteiger partial charge in [-0.05, 0) is 67.5 Å². The Kier molecular flexibility index (Phi) is 11.9. The van der Waals surface area contributed by atoms with Gasteiger partial charge in [-0.1, -0.05) is 41.9 Å². The van der Waals surface area contributed by atoms with Crippen LogP contribution in [0.1, 0.15) is 60.1 Å². The smallest absolute Gasteiger partial charge is 0.326 e. The first-order chi connectivity index (χ1) is 25.2. The number of aliphatic hydroxyl groups is 2. The van der Waals surface area contributed by atoms with Gasteiger partial charge in [-0.25, -0.2) is 0 Å². The van der Waals surface area contributed by atoms with Crippen LogP contribution < -0.4 is 19.5 Å². The molecule has 2 aromatic heterocycles. The fourth-order valence-corrected chi connectivity index (χ4v) is 6.78. The number of pyridine rings is 2. The third kappa shape index (κ3) is 8.63. The number of β-amino-alcohol motifs (C(OH)–C–C–N with tert-alkyl or cyclic N) is 1. The van der Waals surface area contributed by atoms with E-state index in [0.29, 0.717) is 52.9 Å². The molecule has 52 heavy (non-hydrogen) atoms. The first kappa shape index (κ1) is 37.0. The molecule has 1 saturated heterocycles. The molecule has 0 saturated carbocycles. The van der Waals surface area contributed by atoms with E-state index >= 15 is 0 Å². The molecule has 0 radical (unpaired) electrons. The van der Waals surface area contributed by atoms with Crippen LogP contribution in [0.5, 0.6) is 17.5 Å². The largest absolute Gasteiger partial charge is 0.492 e. The Labute approximate surface area is 307 Å². The number of nitriles is 1. The number of hydrogen-bond donors (Lipinski definition) is 4. The molecule has 2 aromatic carbocycles. The average Bonchev–Trinajstić information content (AvgIpc) is 3.77. The van der Waals surface area contributed by atoms with Crippen molar-refractivity contribution in [2.75, 3.05) is 32.8 Å². The topological polar surface area (TPSA) is 170 Å². The lowest BCUT2D eigenvalue weighted by Crippen LogP contribution is -2.52. The standard InChI is InChI=1S/C39H42ClN5O7/c1-39(24-46,38(48)49)43-21-27-9-12-35(44-37(27)51-23-26-17-25(18-41)19-42-20-26)52-33-11-10-30-29(5-2-6-31(30)33)32-7-3-8-34(36(32)40)50-16-4-14-45-15-13-28(47)22-45/h2-3,5-9,12,17,19-20,28,33,43,46-47H,4,10-11,13-16,21-24H2,1H3,(H,48,49)/t28-,33+,39+/m1/s1. The minimum Gasteiger partial charge on any atom is -0.492 e. The zero-order valence-corrected chi connectivity index (χ0v) is 29.7. The van der Waals surface area contributed by atoms with Crippen molar-refractivity contribution in [1.82, 2.24) is 20.2 Å². The maximum Gasteiger partial charge on any atom is 0.326 e. The number of halogens is 1. The number of rotatable bonds is 16. The van der Waals surface area contributed by atoms with Crippen LogP contribution in [0.25, 0.3) is 11.1 Å². The van der Waals surface area contributed by atoms with Gasteiger partial charge in [0.25, 0.3) is 0 Å². The van der Waals surface area contributed by atoms with E-state index in [0.717, 1.165) is 54.6 Å². The van der Waals surface area contributed by atoms with Crippen molar-refractivity contribution in [3.05, 3.63) is 99.8 Å². The van der Waals surface area contributed by atoms with Crippen LogP contribution in [0.4, 0.5) is 0 Å². The Morgan fingerprint density at radius 3 is 2.73 bits per heavy atom. The van der Waals surface area contributed by atoms with Crippen LogP contribution in [0, 0.1) is 11.3 Å². The molecule has 6 rings (SSSR count). The van der Waals surface area contributed by atoms with E-state index in [9.17, 15) is 25.4 Å². The van der Waals surface area contributed by atoms with E-state index in [1.165, 1.54) is 13.1 Å². The number of carboxylic acids is 1. The molecule has 4 N–H and O–H groups in total. The summed E-state index contributed by atoms with van der Waals surface area (Å²) in [5, 5.41) is 41.9. The number of hydrogen-bond acceptors (Lipinski definition) is 11. The lowest BCUT2D eigenvalue weighted by Gasteiger charge is -2.24. The summed E-state index contributed by atoms with van der Waals surface area (Å²) in [5.41, 5.74) is 4.10. The van der Waals surface area contributed by atoms with E-state index in [1.807, 2.05) is 30.3 Å². The summed E-state index contributed by atoms with van der Waals surface area (Å²) in [5.74, 6) is -0.0228. The highest BCUT2D eigenvalue weighted by Crippen LogP contribution is 2.43. The van der Waals surface area contributed by atoms with Crippen LogP contribution >= 0.6 is 11.6 Å². The van der Waals surface area contributed by atoms with E-state index in [2.05, 4.69) is 32.3 Å². The summed E-state index contributed by atoms with van der Waals surface area (Å²) in [6.45, 7) is 3.90. The van der Waals surface area contributed by atoms with Gasteiger partial charge in [0.1, 0.15) is 30.1 Å². The third-order valence-corrected chi connectivity index (χ3v) is 9.92. The number of carboxylic acid groups (broad SMARTS) is 1. The average molecular weight is 728 g/mol. The zero-order chi connectivity index (χ0) is 36.7. The number of fused-ring (bicyclic) bond motifs is 1. The summed E-state index contributed by atoms with van der Waals surface area (Å²) in [4.78, 5) is 22.8.